The topological polar surface area (TPSA) is 3.24 Å². The fraction of sp³-hybridized carbons (Fsp3) is 0.192. The van der Waals surface area contributed by atoms with E-state index in [1.165, 1.54) is 103 Å². The molecular formula is C52H41NS. The molecule has 5 aliphatic rings. The van der Waals surface area contributed by atoms with E-state index in [4.69, 9.17) is 0 Å². The van der Waals surface area contributed by atoms with Crippen molar-refractivity contribution in [3.63, 3.8) is 0 Å². The van der Waals surface area contributed by atoms with E-state index in [1.54, 1.807) is 11.1 Å². The highest BCUT2D eigenvalue weighted by atomic mass is 32.1. The lowest BCUT2D eigenvalue weighted by Crippen LogP contribution is -2.55. The molecule has 13 rings (SSSR count). The summed E-state index contributed by atoms with van der Waals surface area (Å²) in [6, 6.07) is 61.9. The fourth-order valence-corrected chi connectivity index (χ4v) is 13.0. The molecule has 8 aromatic rings. The lowest BCUT2D eigenvalue weighted by Gasteiger charge is -2.61. The molecule has 0 amide bonds. The normalized spacial score (nSPS) is 23.3. The second kappa shape index (κ2) is 11.8. The third-order valence-electron chi connectivity index (χ3n) is 13.8. The van der Waals surface area contributed by atoms with E-state index >= 15 is 0 Å². The Morgan fingerprint density at radius 3 is 1.72 bits per heavy atom. The maximum Gasteiger partial charge on any atom is 0.0476 e. The van der Waals surface area contributed by atoms with Gasteiger partial charge in [-0.05, 0) is 149 Å². The van der Waals surface area contributed by atoms with E-state index in [9.17, 15) is 0 Å². The van der Waals surface area contributed by atoms with Crippen LogP contribution in [0.4, 0.5) is 17.1 Å². The first-order valence-corrected chi connectivity index (χ1v) is 20.7. The lowest BCUT2D eigenvalue weighted by molar-refractivity contribution is -0.0399. The van der Waals surface area contributed by atoms with Crippen molar-refractivity contribution < 1.29 is 0 Å². The van der Waals surface area contributed by atoms with Gasteiger partial charge in [-0.3, -0.25) is 0 Å². The molecule has 5 aliphatic carbocycles. The van der Waals surface area contributed by atoms with E-state index in [0.29, 0.717) is 0 Å². The van der Waals surface area contributed by atoms with Crippen LogP contribution in [0.25, 0.3) is 53.6 Å². The number of hydrogen-bond acceptors (Lipinski definition) is 2. The number of thiophene rings is 1. The van der Waals surface area contributed by atoms with Crippen molar-refractivity contribution in [3.8, 4) is 33.4 Å². The molecule has 1 aromatic heterocycles. The molecule has 1 nitrogen and oxygen atoms in total. The Morgan fingerprint density at radius 1 is 0.407 bits per heavy atom. The molecule has 0 unspecified atom stereocenters. The van der Waals surface area contributed by atoms with Gasteiger partial charge in [-0.25, -0.2) is 0 Å². The minimum atomic E-state index is 0.111. The Hall–Kier alpha value is -5.44. The monoisotopic (exact) mass is 711 g/mol. The molecule has 2 heteroatoms. The summed E-state index contributed by atoms with van der Waals surface area (Å²) >= 11 is 1.89. The predicted molar refractivity (Wildman–Crippen MR) is 228 cm³/mol. The van der Waals surface area contributed by atoms with E-state index in [2.05, 4.69) is 169 Å². The summed E-state index contributed by atoms with van der Waals surface area (Å²) in [5, 5.41) is 2.67. The van der Waals surface area contributed by atoms with E-state index in [-0.39, 0.29) is 5.41 Å². The van der Waals surface area contributed by atoms with Crippen LogP contribution in [0.5, 0.6) is 0 Å². The highest BCUT2D eigenvalue weighted by Crippen LogP contribution is 2.69. The Balaban J connectivity index is 1.05. The number of rotatable bonds is 5. The number of hydrogen-bond donors (Lipinski definition) is 0. The van der Waals surface area contributed by atoms with Gasteiger partial charge >= 0.3 is 0 Å². The molecule has 7 aromatic carbocycles. The highest BCUT2D eigenvalue weighted by molar-refractivity contribution is 7.25. The van der Waals surface area contributed by atoms with Crippen LogP contribution in [0, 0.1) is 23.7 Å². The van der Waals surface area contributed by atoms with Crippen molar-refractivity contribution in [2.75, 3.05) is 4.90 Å². The summed E-state index contributed by atoms with van der Waals surface area (Å²) in [6.07, 6.45) is 7.01. The predicted octanol–water partition coefficient (Wildman–Crippen LogP) is 14.6. The summed E-state index contributed by atoms with van der Waals surface area (Å²) in [7, 11) is 0. The van der Waals surface area contributed by atoms with Gasteiger partial charge in [0, 0.05) is 42.6 Å². The van der Waals surface area contributed by atoms with Crippen molar-refractivity contribution in [2.24, 2.45) is 23.7 Å². The molecular weight excluding hydrogens is 671 g/mol. The Labute approximate surface area is 321 Å². The van der Waals surface area contributed by atoms with Crippen LogP contribution in [-0.2, 0) is 5.41 Å². The number of anilines is 3. The molecule has 4 saturated carbocycles. The van der Waals surface area contributed by atoms with Crippen LogP contribution in [-0.4, -0.2) is 0 Å². The molecule has 1 heterocycles. The van der Waals surface area contributed by atoms with Crippen molar-refractivity contribution >= 4 is 48.6 Å². The van der Waals surface area contributed by atoms with Gasteiger partial charge < -0.3 is 4.90 Å². The van der Waals surface area contributed by atoms with Crippen LogP contribution in [0.1, 0.15) is 43.2 Å². The summed E-state index contributed by atoms with van der Waals surface area (Å²) in [6.45, 7) is 0. The van der Waals surface area contributed by atoms with Gasteiger partial charge in [-0.15, -0.1) is 11.3 Å². The summed E-state index contributed by atoms with van der Waals surface area (Å²) < 4.78 is 2.67. The summed E-state index contributed by atoms with van der Waals surface area (Å²) in [4.78, 5) is 2.50. The van der Waals surface area contributed by atoms with Crippen molar-refractivity contribution in [1.29, 1.82) is 0 Å². The largest absolute Gasteiger partial charge is 0.310 e. The zero-order valence-corrected chi connectivity index (χ0v) is 31.1. The zero-order valence-electron chi connectivity index (χ0n) is 30.3. The minimum absolute atomic E-state index is 0.111. The van der Waals surface area contributed by atoms with Crippen LogP contribution < -0.4 is 4.90 Å². The second-order valence-corrected chi connectivity index (χ2v) is 17.6. The van der Waals surface area contributed by atoms with Crippen molar-refractivity contribution in [2.45, 2.75) is 37.5 Å². The van der Waals surface area contributed by atoms with Gasteiger partial charge in [0.05, 0.1) is 0 Å². The number of benzene rings is 7. The van der Waals surface area contributed by atoms with Gasteiger partial charge in [0.2, 0.25) is 0 Å². The Morgan fingerprint density at radius 2 is 0.981 bits per heavy atom. The molecule has 0 saturated heterocycles. The standard InChI is InChI=1S/C52H41NS/c1-3-9-35(10-4-1)37-15-18-41(19-16-37)53(43-20-23-46-45-13-7-8-14-50(45)54-51(46)32-43)42-21-24-48-47(31-42)44-22-17-38(36-11-5-2-6-12-36)30-49(44)52(48)39-26-33-25-34(28-39)29-40(52)27-33/h1-24,30-34,39-40H,25-29H2. The quantitative estimate of drug-likeness (QED) is 0.172. The zero-order chi connectivity index (χ0) is 35.4. The van der Waals surface area contributed by atoms with Gasteiger partial charge in [-0.1, -0.05) is 115 Å². The molecule has 0 atom stereocenters. The first-order chi connectivity index (χ1) is 26.7. The van der Waals surface area contributed by atoms with Gasteiger partial charge in [0.1, 0.15) is 0 Å². The molecule has 4 bridgehead atoms. The van der Waals surface area contributed by atoms with E-state index in [1.807, 2.05) is 11.3 Å². The molecule has 4 fully saturated rings. The minimum Gasteiger partial charge on any atom is -0.310 e. The average molecular weight is 712 g/mol. The van der Waals surface area contributed by atoms with E-state index in [0.717, 1.165) is 23.7 Å². The highest BCUT2D eigenvalue weighted by Gasteiger charge is 2.61. The van der Waals surface area contributed by atoms with Crippen LogP contribution in [0.15, 0.2) is 164 Å². The van der Waals surface area contributed by atoms with Crippen molar-refractivity contribution in [3.05, 3.63) is 175 Å². The van der Waals surface area contributed by atoms with Crippen LogP contribution in [0.2, 0.25) is 0 Å². The third kappa shape index (κ3) is 4.50. The fourth-order valence-electron chi connectivity index (χ4n) is 11.9. The third-order valence-corrected chi connectivity index (χ3v) is 15.0. The molecule has 260 valence electrons. The van der Waals surface area contributed by atoms with Gasteiger partial charge in [0.15, 0.2) is 0 Å². The van der Waals surface area contributed by atoms with Crippen molar-refractivity contribution in [1.82, 2.24) is 0 Å². The Kier molecular flexibility index (Phi) is 6.75. The molecule has 54 heavy (non-hydrogen) atoms. The SMILES string of the molecule is c1ccc(-c2ccc(N(c3ccc4c(c3)-c3ccc(-c5ccccc5)cc3C43C4CC5CC(C4)CC3C5)c3ccc4c(c3)sc3ccccc34)cc2)cc1. The molecule has 1 spiro atoms. The van der Waals surface area contributed by atoms with Crippen LogP contribution in [0.3, 0.4) is 0 Å². The average Bonchev–Trinajstić information content (AvgIpc) is 3.73. The summed E-state index contributed by atoms with van der Waals surface area (Å²) in [5.41, 5.74) is 15.0. The van der Waals surface area contributed by atoms with Gasteiger partial charge in [0.25, 0.3) is 0 Å². The number of nitrogens with zero attached hydrogens (tertiary/aromatic N) is 1. The maximum atomic E-state index is 2.61. The first kappa shape index (κ1) is 31.0. The molecule has 0 aliphatic heterocycles. The van der Waals surface area contributed by atoms with E-state index < -0.39 is 0 Å². The summed E-state index contributed by atoms with van der Waals surface area (Å²) in [5.74, 6) is 3.28. The second-order valence-electron chi connectivity index (χ2n) is 16.6. The smallest absolute Gasteiger partial charge is 0.0476 e. The van der Waals surface area contributed by atoms with Gasteiger partial charge in [-0.2, -0.15) is 0 Å². The molecule has 0 radical (unpaired) electrons. The van der Waals surface area contributed by atoms with Crippen LogP contribution >= 0.6 is 11.3 Å². The maximum absolute atomic E-state index is 2.61. The number of fused-ring (bicyclic) bond motifs is 6. The lowest BCUT2D eigenvalue weighted by atomic mass is 9.43. The Bertz CT molecular complexity index is 2690. The molecule has 0 N–H and O–H groups in total. The first-order valence-electron chi connectivity index (χ1n) is 19.9.